The lowest BCUT2D eigenvalue weighted by Crippen LogP contribution is -2.28. The highest BCUT2D eigenvalue weighted by molar-refractivity contribution is 5.91. The molecule has 0 bridgehead atoms. The van der Waals surface area contributed by atoms with Crippen molar-refractivity contribution in [2.45, 2.75) is 6.10 Å². The van der Waals surface area contributed by atoms with E-state index in [1.165, 1.54) is 6.07 Å². The Hall–Kier alpha value is -3.13. The zero-order valence-electron chi connectivity index (χ0n) is 12.8. The zero-order chi connectivity index (χ0) is 17.3. The second kappa shape index (κ2) is 6.17. The molecule has 0 saturated heterocycles. The Kier molecular flexibility index (Phi) is 4.05. The van der Waals surface area contributed by atoms with E-state index in [-0.39, 0.29) is 12.3 Å². The Balaban J connectivity index is 1.66. The van der Waals surface area contributed by atoms with Crippen molar-refractivity contribution in [3.05, 3.63) is 64.0 Å². The number of carbonyl (C=O) groups is 1. The molecule has 0 fully saturated rings. The van der Waals surface area contributed by atoms with Crippen molar-refractivity contribution in [2.75, 3.05) is 6.54 Å². The van der Waals surface area contributed by atoms with Crippen LogP contribution in [0.5, 0.6) is 0 Å². The van der Waals surface area contributed by atoms with Crippen LogP contribution >= 0.6 is 0 Å². The fraction of sp³-hybridized carbons (Fsp3) is 0.188. The van der Waals surface area contributed by atoms with Gasteiger partial charge in [-0.25, -0.2) is 0 Å². The molecule has 0 spiro atoms. The van der Waals surface area contributed by atoms with Crippen LogP contribution in [-0.4, -0.2) is 27.0 Å². The standard InChI is InChI=1S/C16H15N3O5/c1-18-7-6-10-8-11(2-3-12(10)18)13(20)9-17-16(21)14-4-5-15(24-14)19(22)23/h2-8,13,20H,9H2,1H3,(H,17,21). The Morgan fingerprint density at radius 3 is 2.88 bits per heavy atom. The molecule has 124 valence electrons. The predicted molar refractivity (Wildman–Crippen MR) is 85.6 cm³/mol. The average Bonchev–Trinajstić information content (AvgIpc) is 3.19. The van der Waals surface area contributed by atoms with Crippen LogP contribution in [0.1, 0.15) is 22.2 Å². The first-order chi connectivity index (χ1) is 11.5. The molecule has 0 aliphatic rings. The van der Waals surface area contributed by atoms with E-state index in [2.05, 4.69) is 5.32 Å². The summed E-state index contributed by atoms with van der Waals surface area (Å²) in [7, 11) is 1.93. The molecule has 8 heteroatoms. The number of fused-ring (bicyclic) bond motifs is 1. The molecule has 0 radical (unpaired) electrons. The number of nitrogens with one attached hydrogen (secondary N) is 1. The van der Waals surface area contributed by atoms with E-state index in [4.69, 9.17) is 4.42 Å². The number of aliphatic hydroxyl groups is 1. The molecule has 1 atom stereocenters. The minimum absolute atomic E-state index is 0.0360. The smallest absolute Gasteiger partial charge is 0.395 e. The minimum atomic E-state index is -0.900. The summed E-state index contributed by atoms with van der Waals surface area (Å²) in [4.78, 5) is 21.7. The van der Waals surface area contributed by atoms with Gasteiger partial charge in [0.15, 0.2) is 5.76 Å². The van der Waals surface area contributed by atoms with Crippen LogP contribution in [0.3, 0.4) is 0 Å². The summed E-state index contributed by atoms with van der Waals surface area (Å²) in [5.74, 6) is -1.30. The summed E-state index contributed by atoms with van der Waals surface area (Å²) in [5.41, 5.74) is 1.71. The third-order valence-corrected chi connectivity index (χ3v) is 3.75. The van der Waals surface area contributed by atoms with Gasteiger partial charge in [0.25, 0.3) is 5.91 Å². The molecule has 8 nitrogen and oxygen atoms in total. The highest BCUT2D eigenvalue weighted by Gasteiger charge is 2.18. The molecule has 2 aromatic heterocycles. The fourth-order valence-electron chi connectivity index (χ4n) is 2.45. The molecule has 1 aromatic carbocycles. The number of aliphatic hydroxyl groups excluding tert-OH is 1. The topological polar surface area (TPSA) is 111 Å². The summed E-state index contributed by atoms with van der Waals surface area (Å²) < 4.78 is 6.78. The van der Waals surface area contributed by atoms with Crippen LogP contribution in [0, 0.1) is 10.1 Å². The summed E-state index contributed by atoms with van der Waals surface area (Å²) in [5, 5.41) is 24.2. The number of nitrogens with zero attached hydrogens (tertiary/aromatic N) is 2. The zero-order valence-corrected chi connectivity index (χ0v) is 12.8. The van der Waals surface area contributed by atoms with E-state index >= 15 is 0 Å². The van der Waals surface area contributed by atoms with Crippen LogP contribution in [0.2, 0.25) is 0 Å². The molecule has 0 aliphatic carbocycles. The van der Waals surface area contributed by atoms with Gasteiger partial charge in [-0.15, -0.1) is 0 Å². The van der Waals surface area contributed by atoms with Crippen LogP contribution in [0.15, 0.2) is 47.0 Å². The summed E-state index contributed by atoms with van der Waals surface area (Å²) in [6.45, 7) is -0.0360. The summed E-state index contributed by atoms with van der Waals surface area (Å²) >= 11 is 0. The number of aromatic nitrogens is 1. The number of nitro groups is 1. The van der Waals surface area contributed by atoms with E-state index in [9.17, 15) is 20.0 Å². The second-order valence-corrected chi connectivity index (χ2v) is 5.37. The number of rotatable bonds is 5. The van der Waals surface area contributed by atoms with Crippen molar-refractivity contribution >= 4 is 22.7 Å². The van der Waals surface area contributed by atoms with E-state index in [0.717, 1.165) is 17.0 Å². The molecule has 0 aliphatic heterocycles. The first-order valence-corrected chi connectivity index (χ1v) is 7.21. The summed E-state index contributed by atoms with van der Waals surface area (Å²) in [6, 6.07) is 9.79. The van der Waals surface area contributed by atoms with Gasteiger partial charge < -0.3 is 19.4 Å². The van der Waals surface area contributed by atoms with Crippen LogP contribution in [-0.2, 0) is 7.05 Å². The maximum Gasteiger partial charge on any atom is 0.433 e. The molecule has 3 aromatic rings. The van der Waals surface area contributed by atoms with Gasteiger partial charge in [0.1, 0.15) is 4.92 Å². The van der Waals surface area contributed by atoms with E-state index < -0.39 is 22.8 Å². The molecule has 3 rings (SSSR count). The van der Waals surface area contributed by atoms with Crippen molar-refractivity contribution in [1.82, 2.24) is 9.88 Å². The third kappa shape index (κ3) is 2.99. The Morgan fingerprint density at radius 2 is 2.17 bits per heavy atom. The van der Waals surface area contributed by atoms with E-state index in [1.54, 1.807) is 6.07 Å². The third-order valence-electron chi connectivity index (χ3n) is 3.75. The molecule has 2 heterocycles. The number of carbonyl (C=O) groups excluding carboxylic acids is 1. The highest BCUT2D eigenvalue weighted by atomic mass is 16.6. The Labute approximate surface area is 136 Å². The predicted octanol–water partition coefficient (Wildman–Crippen LogP) is 2.14. The van der Waals surface area contributed by atoms with Gasteiger partial charge >= 0.3 is 5.88 Å². The van der Waals surface area contributed by atoms with Gasteiger partial charge in [-0.2, -0.15) is 0 Å². The van der Waals surface area contributed by atoms with Crippen LogP contribution in [0.4, 0.5) is 5.88 Å². The number of hydrogen-bond acceptors (Lipinski definition) is 5. The number of furan rings is 1. The number of aryl methyl sites for hydroxylation is 1. The van der Waals surface area contributed by atoms with E-state index in [1.807, 2.05) is 36.0 Å². The van der Waals surface area contributed by atoms with Crippen molar-refractivity contribution in [3.8, 4) is 0 Å². The molecule has 0 saturated carbocycles. The van der Waals surface area contributed by atoms with Crippen molar-refractivity contribution in [2.24, 2.45) is 7.05 Å². The number of benzene rings is 1. The fourth-order valence-corrected chi connectivity index (χ4v) is 2.45. The average molecular weight is 329 g/mol. The van der Waals surface area contributed by atoms with Gasteiger partial charge in [-0.1, -0.05) is 6.07 Å². The first kappa shape index (κ1) is 15.8. The van der Waals surface area contributed by atoms with Gasteiger partial charge in [0.2, 0.25) is 0 Å². The highest BCUT2D eigenvalue weighted by Crippen LogP contribution is 2.21. The maximum absolute atomic E-state index is 11.9. The second-order valence-electron chi connectivity index (χ2n) is 5.37. The van der Waals surface area contributed by atoms with Crippen LogP contribution < -0.4 is 5.32 Å². The van der Waals surface area contributed by atoms with Gasteiger partial charge in [0.05, 0.1) is 12.2 Å². The minimum Gasteiger partial charge on any atom is -0.395 e. The monoisotopic (exact) mass is 329 g/mol. The molecule has 24 heavy (non-hydrogen) atoms. The number of hydrogen-bond donors (Lipinski definition) is 2. The summed E-state index contributed by atoms with van der Waals surface area (Å²) in [6.07, 6.45) is 1.02. The van der Waals surface area contributed by atoms with Crippen molar-refractivity contribution < 1.29 is 19.2 Å². The molecule has 1 amide bonds. The quantitative estimate of drug-likeness (QED) is 0.550. The van der Waals surface area contributed by atoms with Gasteiger partial charge in [-0.3, -0.25) is 14.9 Å². The molecular formula is C16H15N3O5. The lowest BCUT2D eigenvalue weighted by Gasteiger charge is -2.12. The SMILES string of the molecule is Cn1ccc2cc(C(O)CNC(=O)c3ccc([N+](=O)[O-])o3)ccc21. The molecular weight excluding hydrogens is 314 g/mol. The normalized spacial score (nSPS) is 12.2. The van der Waals surface area contributed by atoms with Crippen LogP contribution in [0.25, 0.3) is 10.9 Å². The largest absolute Gasteiger partial charge is 0.433 e. The number of amides is 1. The van der Waals surface area contributed by atoms with Crippen molar-refractivity contribution in [3.63, 3.8) is 0 Å². The lowest BCUT2D eigenvalue weighted by atomic mass is 10.1. The van der Waals surface area contributed by atoms with Crippen molar-refractivity contribution in [1.29, 1.82) is 0 Å². The lowest BCUT2D eigenvalue weighted by molar-refractivity contribution is -0.402. The first-order valence-electron chi connectivity index (χ1n) is 7.21. The Morgan fingerprint density at radius 1 is 1.38 bits per heavy atom. The van der Waals surface area contributed by atoms with Gasteiger partial charge in [-0.05, 0) is 35.2 Å². The molecule has 2 N–H and O–H groups in total. The van der Waals surface area contributed by atoms with E-state index in [0.29, 0.717) is 5.56 Å². The van der Waals surface area contributed by atoms with Gasteiger partial charge in [0, 0.05) is 25.3 Å². The maximum atomic E-state index is 11.9. The molecule has 1 unspecified atom stereocenters. The Bertz CT molecular complexity index is 911.